The summed E-state index contributed by atoms with van der Waals surface area (Å²) in [5, 5.41) is 20.1. The van der Waals surface area contributed by atoms with E-state index in [9.17, 15) is 19.8 Å². The molecule has 1 aliphatic rings. The molecule has 7 atom stereocenters. The zero-order valence-electron chi connectivity index (χ0n) is 14.0. The first-order chi connectivity index (χ1) is 10.1. The summed E-state index contributed by atoms with van der Waals surface area (Å²) >= 11 is 0. The molecule has 0 aromatic heterocycles. The normalized spacial score (nSPS) is 39.6. The number of carbonyl (C=O) groups excluding carboxylic acids is 2. The molecule has 7 unspecified atom stereocenters. The first-order valence-corrected chi connectivity index (χ1v) is 7.93. The zero-order valence-corrected chi connectivity index (χ0v) is 14.0. The van der Waals surface area contributed by atoms with Crippen molar-refractivity contribution in [3.05, 3.63) is 12.2 Å². The van der Waals surface area contributed by atoms with Crippen LogP contribution in [0.4, 0.5) is 0 Å². The third-order valence-corrected chi connectivity index (χ3v) is 4.49. The molecule has 0 amide bonds. The van der Waals surface area contributed by atoms with Crippen molar-refractivity contribution >= 4 is 11.8 Å². The van der Waals surface area contributed by atoms with Crippen LogP contribution in [-0.2, 0) is 14.3 Å². The topological polar surface area (TPSA) is 83.8 Å². The van der Waals surface area contributed by atoms with E-state index < -0.39 is 30.2 Å². The number of aliphatic hydroxyl groups excluding tert-OH is 2. The summed E-state index contributed by atoms with van der Waals surface area (Å²) in [5.41, 5.74) is 0. The minimum absolute atomic E-state index is 0.0187. The van der Waals surface area contributed by atoms with E-state index in [1.54, 1.807) is 26.8 Å². The average Bonchev–Trinajstić information content (AvgIpc) is 2.46. The number of rotatable bonds is 1. The molecular weight excluding hydrogens is 284 g/mol. The smallest absolute Gasteiger partial charge is 0.311 e. The van der Waals surface area contributed by atoms with Crippen LogP contribution in [0.5, 0.6) is 0 Å². The highest BCUT2D eigenvalue weighted by Gasteiger charge is 2.34. The van der Waals surface area contributed by atoms with E-state index in [4.69, 9.17) is 4.74 Å². The van der Waals surface area contributed by atoms with Gasteiger partial charge in [-0.15, -0.1) is 0 Å². The summed E-state index contributed by atoms with van der Waals surface area (Å²) in [6.07, 6.45) is 1.20. The lowest BCUT2D eigenvalue weighted by Crippen LogP contribution is -2.40. The second-order valence-corrected chi connectivity index (χ2v) is 6.66. The average molecular weight is 312 g/mol. The Balaban J connectivity index is 3.11. The van der Waals surface area contributed by atoms with Gasteiger partial charge < -0.3 is 14.9 Å². The lowest BCUT2D eigenvalue weighted by Gasteiger charge is -2.30. The molecule has 0 aliphatic carbocycles. The number of hydrogen-bond donors (Lipinski definition) is 2. The molecule has 22 heavy (non-hydrogen) atoms. The molecule has 0 bridgehead atoms. The van der Waals surface area contributed by atoms with Crippen molar-refractivity contribution in [2.75, 3.05) is 0 Å². The largest absolute Gasteiger partial charge is 0.459 e. The second kappa shape index (κ2) is 7.88. The molecule has 0 radical (unpaired) electrons. The number of ketones is 1. The van der Waals surface area contributed by atoms with Crippen LogP contribution in [-0.4, -0.2) is 40.3 Å². The molecule has 126 valence electrons. The number of hydrogen-bond acceptors (Lipinski definition) is 5. The summed E-state index contributed by atoms with van der Waals surface area (Å²) in [4.78, 5) is 24.3. The van der Waals surface area contributed by atoms with Gasteiger partial charge in [0.1, 0.15) is 6.10 Å². The van der Waals surface area contributed by atoms with E-state index in [2.05, 4.69) is 0 Å². The van der Waals surface area contributed by atoms with E-state index >= 15 is 0 Å². The molecule has 1 heterocycles. The van der Waals surface area contributed by atoms with Gasteiger partial charge in [0.05, 0.1) is 18.1 Å². The minimum atomic E-state index is -0.879. The molecule has 0 aromatic rings. The van der Waals surface area contributed by atoms with Crippen molar-refractivity contribution in [3.8, 4) is 0 Å². The van der Waals surface area contributed by atoms with E-state index in [1.165, 1.54) is 6.08 Å². The minimum Gasteiger partial charge on any atom is -0.459 e. The second-order valence-electron chi connectivity index (χ2n) is 6.66. The Bertz CT molecular complexity index is 429. The molecule has 0 saturated heterocycles. The maximum atomic E-state index is 12.2. The third-order valence-electron chi connectivity index (χ3n) is 4.49. The Morgan fingerprint density at radius 2 is 1.82 bits per heavy atom. The van der Waals surface area contributed by atoms with Crippen molar-refractivity contribution in [3.63, 3.8) is 0 Å². The van der Waals surface area contributed by atoms with Gasteiger partial charge in [-0.1, -0.05) is 26.8 Å². The van der Waals surface area contributed by atoms with Gasteiger partial charge in [-0.2, -0.15) is 0 Å². The predicted molar refractivity (Wildman–Crippen MR) is 83.0 cm³/mol. The zero-order chi connectivity index (χ0) is 17.0. The fraction of sp³-hybridized carbons (Fsp3) is 0.765. The van der Waals surface area contributed by atoms with Crippen LogP contribution in [0.15, 0.2) is 12.2 Å². The van der Waals surface area contributed by atoms with E-state index in [-0.39, 0.29) is 23.5 Å². The predicted octanol–water partition coefficient (Wildman–Crippen LogP) is 1.71. The van der Waals surface area contributed by atoms with E-state index in [0.717, 1.165) is 0 Å². The van der Waals surface area contributed by atoms with Crippen molar-refractivity contribution in [1.29, 1.82) is 0 Å². The number of aliphatic hydroxyl groups is 2. The van der Waals surface area contributed by atoms with Gasteiger partial charge >= 0.3 is 5.97 Å². The molecule has 0 aromatic carbocycles. The van der Waals surface area contributed by atoms with Crippen LogP contribution in [0, 0.1) is 23.7 Å². The molecular formula is C17H28O5. The molecule has 0 fully saturated rings. The fourth-order valence-corrected chi connectivity index (χ4v) is 2.85. The highest BCUT2D eigenvalue weighted by atomic mass is 16.6. The molecule has 5 nitrogen and oxygen atoms in total. The highest BCUT2D eigenvalue weighted by molar-refractivity contribution is 5.91. The van der Waals surface area contributed by atoms with Crippen LogP contribution >= 0.6 is 0 Å². The molecule has 2 N–H and O–H groups in total. The summed E-state index contributed by atoms with van der Waals surface area (Å²) in [7, 11) is 0. The van der Waals surface area contributed by atoms with Gasteiger partial charge in [0, 0.05) is 11.8 Å². The first kappa shape index (κ1) is 18.8. The summed E-state index contributed by atoms with van der Waals surface area (Å²) in [6.45, 7) is 8.59. The number of esters is 1. The maximum absolute atomic E-state index is 12.2. The van der Waals surface area contributed by atoms with Crippen molar-refractivity contribution in [1.82, 2.24) is 0 Å². The van der Waals surface area contributed by atoms with Gasteiger partial charge in [-0.3, -0.25) is 9.59 Å². The monoisotopic (exact) mass is 312 g/mol. The Kier molecular flexibility index (Phi) is 6.75. The van der Waals surface area contributed by atoms with Gasteiger partial charge in [0.15, 0.2) is 5.78 Å². The van der Waals surface area contributed by atoms with Crippen LogP contribution in [0.25, 0.3) is 0 Å². The Labute approximate surface area is 132 Å². The van der Waals surface area contributed by atoms with Gasteiger partial charge in [0.2, 0.25) is 0 Å². The fourth-order valence-electron chi connectivity index (χ4n) is 2.85. The maximum Gasteiger partial charge on any atom is 0.311 e. The number of cyclic esters (lactones) is 1. The van der Waals surface area contributed by atoms with Crippen LogP contribution < -0.4 is 0 Å². The molecule has 1 rings (SSSR count). The van der Waals surface area contributed by atoms with Crippen LogP contribution in [0.2, 0.25) is 0 Å². The van der Waals surface area contributed by atoms with Gasteiger partial charge in [0.25, 0.3) is 0 Å². The molecule has 0 saturated carbocycles. The van der Waals surface area contributed by atoms with Gasteiger partial charge in [-0.25, -0.2) is 0 Å². The van der Waals surface area contributed by atoms with Crippen molar-refractivity contribution in [2.24, 2.45) is 23.7 Å². The molecule has 0 spiro atoms. The summed E-state index contributed by atoms with van der Waals surface area (Å²) in [5.74, 6) is -1.95. The van der Waals surface area contributed by atoms with Gasteiger partial charge in [-0.05, 0) is 32.3 Å². The SMILES string of the molecule is CC1CC(C)C(O)C(C)C(=O)OC(C(C)O)C(C)C=CC1=O. The Morgan fingerprint density at radius 1 is 1.23 bits per heavy atom. The van der Waals surface area contributed by atoms with E-state index in [1.807, 2.05) is 13.8 Å². The lowest BCUT2D eigenvalue weighted by atomic mass is 9.84. The van der Waals surface area contributed by atoms with Crippen molar-refractivity contribution in [2.45, 2.75) is 59.4 Å². The summed E-state index contributed by atoms with van der Waals surface area (Å²) < 4.78 is 5.38. The quantitative estimate of drug-likeness (QED) is 0.720. The van der Waals surface area contributed by atoms with Crippen LogP contribution in [0.3, 0.4) is 0 Å². The molecule has 1 aliphatic heterocycles. The Morgan fingerprint density at radius 3 is 2.36 bits per heavy atom. The number of carbonyl (C=O) groups is 2. The summed E-state index contributed by atoms with van der Waals surface area (Å²) in [6, 6.07) is 0. The molecule has 5 heteroatoms. The number of allylic oxidation sites excluding steroid dienone is 1. The Hall–Kier alpha value is -1.20. The van der Waals surface area contributed by atoms with E-state index in [0.29, 0.717) is 6.42 Å². The number of ether oxygens (including phenoxy) is 1. The van der Waals surface area contributed by atoms with Crippen LogP contribution in [0.1, 0.15) is 41.0 Å². The first-order valence-electron chi connectivity index (χ1n) is 7.93. The van der Waals surface area contributed by atoms with Crippen molar-refractivity contribution < 1.29 is 24.5 Å². The standard InChI is InChI=1S/C17H28O5/c1-9-6-7-14(19)10(2)8-11(3)15(20)12(4)17(21)22-16(9)13(5)18/h6-7,9-13,15-16,18,20H,8H2,1-5H3. The lowest BCUT2D eigenvalue weighted by molar-refractivity contribution is -0.166. The third kappa shape index (κ3) is 4.65. The highest BCUT2D eigenvalue weighted by Crippen LogP contribution is 2.25.